The van der Waals surface area contributed by atoms with Crippen molar-refractivity contribution >= 4 is 17.5 Å². The fourth-order valence-corrected chi connectivity index (χ4v) is 4.15. The molecule has 0 aromatic heterocycles. The van der Waals surface area contributed by atoms with Gasteiger partial charge in [-0.15, -0.1) is 0 Å². The first-order chi connectivity index (χ1) is 12.2. The molecule has 1 atom stereocenters. The van der Waals surface area contributed by atoms with Crippen molar-refractivity contribution < 1.29 is 14.3 Å². The van der Waals surface area contributed by atoms with Crippen LogP contribution in [0.4, 0.5) is 5.69 Å². The van der Waals surface area contributed by atoms with E-state index in [2.05, 4.69) is 4.90 Å². The van der Waals surface area contributed by atoms with Crippen molar-refractivity contribution in [3.05, 3.63) is 24.3 Å². The third-order valence-corrected chi connectivity index (χ3v) is 5.55. The minimum atomic E-state index is -0.0800. The fraction of sp³-hybridized carbons (Fsp3) is 0.579. The molecular formula is C19H25N3O3. The Morgan fingerprint density at radius 2 is 2.04 bits per heavy atom. The lowest BCUT2D eigenvalue weighted by atomic mass is 9.99. The summed E-state index contributed by atoms with van der Waals surface area (Å²) < 4.78 is 5.46. The van der Waals surface area contributed by atoms with Gasteiger partial charge in [-0.05, 0) is 31.5 Å². The standard InChI is InChI=1S/C19H25N3O3/c23-18(21-12-11-20-9-4-3-5-15(20)13-21)8-10-22-16-6-1-2-7-17(16)25-14-19(22)24/h1-2,6-7,15H,3-5,8-14H2/t15-/m0/s1. The second-order valence-electron chi connectivity index (χ2n) is 7.08. The van der Waals surface area contributed by atoms with Gasteiger partial charge >= 0.3 is 0 Å². The van der Waals surface area contributed by atoms with Gasteiger partial charge in [0, 0.05) is 38.6 Å². The van der Waals surface area contributed by atoms with Crippen molar-refractivity contribution in [2.75, 3.05) is 44.2 Å². The number of ether oxygens (including phenoxy) is 1. The Morgan fingerprint density at radius 3 is 2.96 bits per heavy atom. The molecule has 0 unspecified atom stereocenters. The number of hydrogen-bond acceptors (Lipinski definition) is 4. The zero-order valence-corrected chi connectivity index (χ0v) is 14.5. The molecule has 0 bridgehead atoms. The summed E-state index contributed by atoms with van der Waals surface area (Å²) in [7, 11) is 0. The average molecular weight is 343 g/mol. The molecule has 0 spiro atoms. The Labute approximate surface area is 148 Å². The molecule has 3 aliphatic rings. The van der Waals surface area contributed by atoms with Crippen LogP contribution in [0.1, 0.15) is 25.7 Å². The van der Waals surface area contributed by atoms with Crippen LogP contribution in [0.5, 0.6) is 5.75 Å². The van der Waals surface area contributed by atoms with Crippen LogP contribution < -0.4 is 9.64 Å². The van der Waals surface area contributed by atoms with Gasteiger partial charge < -0.3 is 14.5 Å². The van der Waals surface area contributed by atoms with E-state index in [0.29, 0.717) is 24.8 Å². The van der Waals surface area contributed by atoms with E-state index in [4.69, 9.17) is 4.74 Å². The highest BCUT2D eigenvalue weighted by atomic mass is 16.5. The minimum Gasteiger partial charge on any atom is -0.482 e. The predicted molar refractivity (Wildman–Crippen MR) is 94.7 cm³/mol. The molecule has 3 heterocycles. The molecule has 6 nitrogen and oxygen atoms in total. The maximum atomic E-state index is 12.7. The van der Waals surface area contributed by atoms with Crippen molar-refractivity contribution in [1.82, 2.24) is 9.80 Å². The number of para-hydroxylation sites is 2. The number of anilines is 1. The summed E-state index contributed by atoms with van der Waals surface area (Å²) in [5.41, 5.74) is 0.767. The lowest BCUT2D eigenvalue weighted by molar-refractivity contribution is -0.134. The van der Waals surface area contributed by atoms with Crippen LogP contribution in [0.2, 0.25) is 0 Å². The van der Waals surface area contributed by atoms with E-state index in [1.165, 1.54) is 25.8 Å². The van der Waals surface area contributed by atoms with E-state index in [9.17, 15) is 9.59 Å². The Bertz CT molecular complexity index is 663. The molecule has 134 valence electrons. The van der Waals surface area contributed by atoms with Crippen LogP contribution >= 0.6 is 0 Å². The van der Waals surface area contributed by atoms with Crippen LogP contribution in [0.25, 0.3) is 0 Å². The topological polar surface area (TPSA) is 53.1 Å². The smallest absolute Gasteiger partial charge is 0.265 e. The molecular weight excluding hydrogens is 318 g/mol. The number of amides is 2. The zero-order chi connectivity index (χ0) is 17.2. The van der Waals surface area contributed by atoms with Crippen molar-refractivity contribution in [3.63, 3.8) is 0 Å². The summed E-state index contributed by atoms with van der Waals surface area (Å²) in [6.45, 7) is 4.27. The van der Waals surface area contributed by atoms with E-state index < -0.39 is 0 Å². The van der Waals surface area contributed by atoms with Crippen molar-refractivity contribution in [1.29, 1.82) is 0 Å². The highest BCUT2D eigenvalue weighted by molar-refractivity contribution is 5.98. The number of benzene rings is 1. The van der Waals surface area contributed by atoms with Crippen molar-refractivity contribution in [3.8, 4) is 5.75 Å². The first-order valence-electron chi connectivity index (χ1n) is 9.26. The number of rotatable bonds is 3. The molecule has 0 aliphatic carbocycles. The van der Waals surface area contributed by atoms with Crippen molar-refractivity contribution in [2.45, 2.75) is 31.7 Å². The van der Waals surface area contributed by atoms with Gasteiger partial charge in [0.1, 0.15) is 5.75 Å². The van der Waals surface area contributed by atoms with Crippen LogP contribution in [-0.2, 0) is 9.59 Å². The van der Waals surface area contributed by atoms with Crippen molar-refractivity contribution in [2.24, 2.45) is 0 Å². The number of carbonyl (C=O) groups is 2. The first-order valence-corrected chi connectivity index (χ1v) is 9.26. The van der Waals surface area contributed by atoms with Gasteiger partial charge in [0.2, 0.25) is 5.91 Å². The van der Waals surface area contributed by atoms with E-state index in [0.717, 1.165) is 25.3 Å². The lowest BCUT2D eigenvalue weighted by Gasteiger charge is -2.44. The molecule has 4 rings (SSSR count). The van der Waals surface area contributed by atoms with Gasteiger partial charge in [0.15, 0.2) is 6.61 Å². The Morgan fingerprint density at radius 1 is 1.16 bits per heavy atom. The molecule has 1 aromatic carbocycles. The summed E-state index contributed by atoms with van der Waals surface area (Å²) in [5, 5.41) is 0. The van der Waals surface area contributed by atoms with Gasteiger partial charge in [0.25, 0.3) is 5.91 Å². The maximum Gasteiger partial charge on any atom is 0.265 e. The summed E-state index contributed by atoms with van der Waals surface area (Å²) in [4.78, 5) is 31.1. The highest BCUT2D eigenvalue weighted by Crippen LogP contribution is 2.31. The molecule has 25 heavy (non-hydrogen) atoms. The molecule has 1 aromatic rings. The second kappa shape index (κ2) is 7.04. The summed E-state index contributed by atoms with van der Waals surface area (Å²) >= 11 is 0. The van der Waals surface area contributed by atoms with Gasteiger partial charge in [-0.2, -0.15) is 0 Å². The third-order valence-electron chi connectivity index (χ3n) is 5.55. The van der Waals surface area contributed by atoms with Gasteiger partial charge in [-0.1, -0.05) is 18.6 Å². The maximum absolute atomic E-state index is 12.7. The van der Waals surface area contributed by atoms with E-state index >= 15 is 0 Å². The van der Waals surface area contributed by atoms with Gasteiger partial charge in [-0.3, -0.25) is 14.5 Å². The molecule has 0 N–H and O–H groups in total. The molecule has 6 heteroatoms. The minimum absolute atomic E-state index is 0.0476. The first kappa shape index (κ1) is 16.4. The van der Waals surface area contributed by atoms with Gasteiger partial charge in [-0.25, -0.2) is 0 Å². The Hall–Kier alpha value is -2.08. The third kappa shape index (κ3) is 3.35. The largest absolute Gasteiger partial charge is 0.482 e. The van der Waals surface area contributed by atoms with Gasteiger partial charge in [0.05, 0.1) is 5.69 Å². The van der Waals surface area contributed by atoms with Crippen LogP contribution in [0, 0.1) is 0 Å². The van der Waals surface area contributed by atoms with E-state index in [1.807, 2.05) is 29.2 Å². The molecule has 2 saturated heterocycles. The summed E-state index contributed by atoms with van der Waals surface area (Å²) in [6, 6.07) is 8.04. The van der Waals surface area contributed by atoms with Crippen LogP contribution in [0.3, 0.4) is 0 Å². The number of piperidine rings is 1. The second-order valence-corrected chi connectivity index (χ2v) is 7.08. The summed E-state index contributed by atoms with van der Waals surface area (Å²) in [6.07, 6.45) is 4.11. The summed E-state index contributed by atoms with van der Waals surface area (Å²) in [5.74, 6) is 0.788. The number of hydrogen-bond donors (Lipinski definition) is 0. The number of nitrogens with zero attached hydrogens (tertiary/aromatic N) is 3. The molecule has 2 fully saturated rings. The van der Waals surface area contributed by atoms with Crippen LogP contribution in [0.15, 0.2) is 24.3 Å². The highest BCUT2D eigenvalue weighted by Gasteiger charge is 2.32. The fourth-order valence-electron chi connectivity index (χ4n) is 4.15. The van der Waals surface area contributed by atoms with Crippen LogP contribution in [-0.4, -0.2) is 67.0 Å². The molecule has 0 radical (unpaired) electrons. The number of carbonyl (C=O) groups excluding carboxylic acids is 2. The van der Waals surface area contributed by atoms with E-state index in [-0.39, 0.29) is 18.4 Å². The molecule has 0 saturated carbocycles. The zero-order valence-electron chi connectivity index (χ0n) is 14.5. The number of fused-ring (bicyclic) bond motifs is 2. The SMILES string of the molecule is O=C(CCN1C(=O)COc2ccccc21)N1CCN2CCCC[C@H]2C1. The number of piperazine rings is 1. The Kier molecular flexibility index (Phi) is 4.61. The predicted octanol–water partition coefficient (Wildman–Crippen LogP) is 1.50. The quantitative estimate of drug-likeness (QED) is 0.835. The normalized spacial score (nSPS) is 23.7. The Balaban J connectivity index is 1.37. The lowest BCUT2D eigenvalue weighted by Crippen LogP contribution is -2.56. The molecule has 3 aliphatic heterocycles. The molecule has 2 amide bonds. The average Bonchev–Trinajstić information content (AvgIpc) is 2.66. The van der Waals surface area contributed by atoms with E-state index in [1.54, 1.807) is 4.90 Å². The monoisotopic (exact) mass is 343 g/mol.